The van der Waals surface area contributed by atoms with Crippen LogP contribution < -0.4 is 5.19 Å². The second-order valence-corrected chi connectivity index (χ2v) is 12.0. The van der Waals surface area contributed by atoms with E-state index in [9.17, 15) is 0 Å². The molecule has 20 heavy (non-hydrogen) atoms. The topological polar surface area (TPSA) is 0 Å². The summed E-state index contributed by atoms with van der Waals surface area (Å²) in [6, 6.07) is 14.4. The van der Waals surface area contributed by atoms with Crippen molar-refractivity contribution < 1.29 is 0 Å². The molecule has 1 saturated heterocycles. The highest BCUT2D eigenvalue weighted by Crippen LogP contribution is 2.50. The van der Waals surface area contributed by atoms with Crippen molar-refractivity contribution in [3.05, 3.63) is 54.1 Å². The molecular weight excluding hydrogens is 256 g/mol. The summed E-state index contributed by atoms with van der Waals surface area (Å²) in [6.07, 6.45) is 10.1. The molecule has 106 valence electrons. The third kappa shape index (κ3) is 2.22. The first-order valence-electron chi connectivity index (χ1n) is 7.98. The van der Waals surface area contributed by atoms with Crippen LogP contribution in [0.2, 0.25) is 17.6 Å². The van der Waals surface area contributed by atoms with Crippen molar-refractivity contribution in [1.82, 2.24) is 0 Å². The molecule has 1 unspecified atom stereocenters. The van der Waals surface area contributed by atoms with Crippen LogP contribution in [-0.4, -0.2) is 8.07 Å². The Bertz CT molecular complexity index is 525. The molecule has 1 heterocycles. The molecule has 1 atom stereocenters. The number of allylic oxidation sites excluding steroid dienone is 4. The van der Waals surface area contributed by atoms with Crippen LogP contribution in [0.3, 0.4) is 0 Å². The highest BCUT2D eigenvalue weighted by molar-refractivity contribution is 6.94. The number of benzene rings is 1. The third-order valence-corrected chi connectivity index (χ3v) is 10.9. The van der Waals surface area contributed by atoms with Crippen LogP contribution in [0.15, 0.2) is 54.1 Å². The van der Waals surface area contributed by atoms with Crippen molar-refractivity contribution in [1.29, 1.82) is 0 Å². The minimum absolute atomic E-state index is 0.297. The van der Waals surface area contributed by atoms with Crippen LogP contribution in [0.25, 0.3) is 0 Å². The van der Waals surface area contributed by atoms with Crippen LogP contribution in [-0.2, 0) is 0 Å². The second kappa shape index (κ2) is 5.03. The first-order valence-corrected chi connectivity index (χ1v) is 10.5. The van der Waals surface area contributed by atoms with E-state index < -0.39 is 8.07 Å². The quantitative estimate of drug-likeness (QED) is 0.666. The minimum atomic E-state index is -1.40. The Hall–Kier alpha value is -1.08. The number of hydrogen-bond donors (Lipinski definition) is 0. The van der Waals surface area contributed by atoms with Crippen molar-refractivity contribution in [3.8, 4) is 0 Å². The highest BCUT2D eigenvalue weighted by atomic mass is 28.3. The fourth-order valence-corrected chi connectivity index (χ4v) is 10.3. The first-order chi connectivity index (χ1) is 9.54. The Balaban J connectivity index is 2.05. The average Bonchev–Trinajstić information content (AvgIpc) is 3.09. The fraction of sp³-hybridized carbons (Fsp3) is 0.474. The van der Waals surface area contributed by atoms with Crippen molar-refractivity contribution in [2.45, 2.75) is 51.2 Å². The van der Waals surface area contributed by atoms with Crippen LogP contribution >= 0.6 is 0 Å². The number of rotatable bonds is 2. The molecule has 0 spiro atoms. The van der Waals surface area contributed by atoms with E-state index in [0.717, 1.165) is 5.54 Å². The minimum Gasteiger partial charge on any atom is -0.0797 e. The molecule has 0 saturated carbocycles. The maximum atomic E-state index is 2.52. The lowest BCUT2D eigenvalue weighted by Gasteiger charge is -2.39. The molecule has 2 aliphatic rings. The lowest BCUT2D eigenvalue weighted by atomic mass is 9.85. The van der Waals surface area contributed by atoms with Gasteiger partial charge in [-0.25, -0.2) is 0 Å². The van der Waals surface area contributed by atoms with Crippen LogP contribution in [0.1, 0.15) is 33.6 Å². The predicted molar refractivity (Wildman–Crippen MR) is 91.1 cm³/mol. The zero-order valence-electron chi connectivity index (χ0n) is 13.0. The molecule has 1 aliphatic carbocycles. The average molecular weight is 283 g/mol. The molecule has 1 aliphatic heterocycles. The Morgan fingerprint density at radius 2 is 1.65 bits per heavy atom. The molecule has 0 radical (unpaired) electrons. The second-order valence-electron chi connectivity index (χ2n) is 7.46. The van der Waals surface area contributed by atoms with Gasteiger partial charge in [0.05, 0.1) is 8.07 Å². The van der Waals surface area contributed by atoms with Gasteiger partial charge in [-0.15, -0.1) is 0 Å². The Kier molecular flexibility index (Phi) is 3.49. The molecule has 0 N–H and O–H groups in total. The smallest absolute Gasteiger partial charge is 0.0797 e. The maximum absolute atomic E-state index is 2.52. The standard InChI is InChI=1S/C19H26Si/c1-19(2,3)17-12-9-13-18(17)20(14-7-8-15-20)16-10-5-4-6-11-16/h4-6,9-13,18H,7-8,14-15H2,1-3H3. The summed E-state index contributed by atoms with van der Waals surface area (Å²) in [5, 5.41) is 1.68. The summed E-state index contributed by atoms with van der Waals surface area (Å²) >= 11 is 0. The van der Waals surface area contributed by atoms with E-state index in [1.54, 1.807) is 10.8 Å². The van der Waals surface area contributed by atoms with Gasteiger partial charge < -0.3 is 0 Å². The van der Waals surface area contributed by atoms with Crippen LogP contribution in [0.5, 0.6) is 0 Å². The predicted octanol–water partition coefficient (Wildman–Crippen LogP) is 5.05. The van der Waals surface area contributed by atoms with E-state index in [1.165, 1.54) is 24.9 Å². The summed E-state index contributed by atoms with van der Waals surface area (Å²) in [5.74, 6) is 0. The summed E-state index contributed by atoms with van der Waals surface area (Å²) < 4.78 is 0. The molecule has 0 nitrogen and oxygen atoms in total. The van der Waals surface area contributed by atoms with Gasteiger partial charge in [0.25, 0.3) is 0 Å². The van der Waals surface area contributed by atoms with Gasteiger partial charge in [-0.3, -0.25) is 0 Å². The van der Waals surface area contributed by atoms with Crippen LogP contribution in [0, 0.1) is 5.41 Å². The van der Waals surface area contributed by atoms with Gasteiger partial charge in [0, 0.05) is 0 Å². The van der Waals surface area contributed by atoms with Crippen molar-refractivity contribution in [2.75, 3.05) is 0 Å². The van der Waals surface area contributed by atoms with E-state index in [1.807, 2.05) is 0 Å². The van der Waals surface area contributed by atoms with Gasteiger partial charge in [-0.05, 0) is 11.0 Å². The fourth-order valence-electron chi connectivity index (χ4n) is 4.23. The molecular formula is C19H26Si. The van der Waals surface area contributed by atoms with Crippen molar-refractivity contribution in [3.63, 3.8) is 0 Å². The third-order valence-electron chi connectivity index (χ3n) is 5.22. The molecule has 1 heteroatoms. The van der Waals surface area contributed by atoms with Gasteiger partial charge in [-0.1, -0.05) is 105 Å². The molecule has 3 rings (SSSR count). The molecule has 1 fully saturated rings. The number of hydrogen-bond acceptors (Lipinski definition) is 0. The Morgan fingerprint density at radius 1 is 1.00 bits per heavy atom. The van der Waals surface area contributed by atoms with Crippen LogP contribution in [0.4, 0.5) is 0 Å². The molecule has 1 aromatic carbocycles. The van der Waals surface area contributed by atoms with Crippen molar-refractivity contribution in [2.24, 2.45) is 5.41 Å². The van der Waals surface area contributed by atoms with E-state index in [0.29, 0.717) is 5.41 Å². The van der Waals surface area contributed by atoms with Gasteiger partial charge in [0.15, 0.2) is 0 Å². The van der Waals surface area contributed by atoms with E-state index in [4.69, 9.17) is 0 Å². The van der Waals surface area contributed by atoms with Gasteiger partial charge in [0.2, 0.25) is 0 Å². The van der Waals surface area contributed by atoms with E-state index >= 15 is 0 Å². The van der Waals surface area contributed by atoms with Gasteiger partial charge in [-0.2, -0.15) is 0 Å². The zero-order chi connectivity index (χ0) is 14.2. The monoisotopic (exact) mass is 282 g/mol. The normalized spacial score (nSPS) is 24.9. The van der Waals surface area contributed by atoms with Gasteiger partial charge >= 0.3 is 0 Å². The molecule has 1 aromatic rings. The molecule has 0 amide bonds. The summed E-state index contributed by atoms with van der Waals surface area (Å²) in [5.41, 5.74) is 2.70. The zero-order valence-corrected chi connectivity index (χ0v) is 14.0. The first kappa shape index (κ1) is 13.9. The SMILES string of the molecule is CC(C)(C)C1=CC=CC1[Si]1(c2ccccc2)CCCC1. The Morgan fingerprint density at radius 3 is 2.25 bits per heavy atom. The molecule has 0 bridgehead atoms. The van der Waals surface area contributed by atoms with Crippen molar-refractivity contribution >= 4 is 13.3 Å². The summed E-state index contributed by atoms with van der Waals surface area (Å²) in [4.78, 5) is 0. The lowest BCUT2D eigenvalue weighted by molar-refractivity contribution is 0.494. The summed E-state index contributed by atoms with van der Waals surface area (Å²) in [7, 11) is -1.40. The summed E-state index contributed by atoms with van der Waals surface area (Å²) in [6.45, 7) is 7.13. The van der Waals surface area contributed by atoms with E-state index in [-0.39, 0.29) is 0 Å². The van der Waals surface area contributed by atoms with Gasteiger partial charge in [0.1, 0.15) is 0 Å². The molecule has 0 aromatic heterocycles. The Labute approximate surface area is 124 Å². The lowest BCUT2D eigenvalue weighted by Crippen LogP contribution is -2.49. The largest absolute Gasteiger partial charge is 0.0975 e. The highest BCUT2D eigenvalue weighted by Gasteiger charge is 2.47. The maximum Gasteiger partial charge on any atom is 0.0975 e. The van der Waals surface area contributed by atoms with E-state index in [2.05, 4.69) is 69.3 Å².